The SMILES string of the molecule is O=C(CCc1csc(-c2ccccn2)n1)NCC1CCCO1. The third kappa shape index (κ3) is 4.11. The van der Waals surface area contributed by atoms with E-state index in [0.717, 1.165) is 35.8 Å². The average molecular weight is 317 g/mol. The van der Waals surface area contributed by atoms with Crippen molar-refractivity contribution in [2.24, 2.45) is 0 Å². The molecule has 0 radical (unpaired) electrons. The first-order valence-electron chi connectivity index (χ1n) is 7.55. The summed E-state index contributed by atoms with van der Waals surface area (Å²) in [5, 5.41) is 5.83. The van der Waals surface area contributed by atoms with Crippen molar-refractivity contribution in [3.63, 3.8) is 0 Å². The molecule has 5 nitrogen and oxygen atoms in total. The standard InChI is InChI=1S/C16H19N3O2S/c20-15(18-10-13-4-3-9-21-13)7-6-12-11-22-16(19-12)14-5-1-2-8-17-14/h1-2,5,8,11,13H,3-4,6-7,9-10H2,(H,18,20). The highest BCUT2D eigenvalue weighted by Crippen LogP contribution is 2.21. The van der Waals surface area contributed by atoms with Crippen LogP contribution in [0.4, 0.5) is 0 Å². The largest absolute Gasteiger partial charge is 0.376 e. The molecule has 3 rings (SSSR count). The molecule has 1 amide bonds. The summed E-state index contributed by atoms with van der Waals surface area (Å²) in [5.41, 5.74) is 1.82. The summed E-state index contributed by atoms with van der Waals surface area (Å²) in [6, 6.07) is 5.77. The molecule has 1 fully saturated rings. The first kappa shape index (κ1) is 15.1. The van der Waals surface area contributed by atoms with Crippen LogP contribution in [0.25, 0.3) is 10.7 Å². The van der Waals surface area contributed by atoms with Gasteiger partial charge in [0, 0.05) is 31.1 Å². The molecular weight excluding hydrogens is 298 g/mol. The summed E-state index contributed by atoms with van der Waals surface area (Å²) in [7, 11) is 0. The first-order chi connectivity index (χ1) is 10.8. The van der Waals surface area contributed by atoms with E-state index in [1.54, 1.807) is 17.5 Å². The van der Waals surface area contributed by atoms with Crippen LogP contribution in [0.3, 0.4) is 0 Å². The lowest BCUT2D eigenvalue weighted by Crippen LogP contribution is -2.31. The number of rotatable bonds is 6. The lowest BCUT2D eigenvalue weighted by atomic mass is 10.2. The molecule has 1 atom stereocenters. The van der Waals surface area contributed by atoms with E-state index >= 15 is 0 Å². The Morgan fingerprint density at radius 2 is 2.41 bits per heavy atom. The highest BCUT2D eigenvalue weighted by molar-refractivity contribution is 7.13. The third-order valence-electron chi connectivity index (χ3n) is 3.59. The van der Waals surface area contributed by atoms with E-state index in [-0.39, 0.29) is 12.0 Å². The van der Waals surface area contributed by atoms with Crippen molar-refractivity contribution in [3.8, 4) is 10.7 Å². The second-order valence-corrected chi connectivity index (χ2v) is 6.16. The van der Waals surface area contributed by atoms with Gasteiger partial charge in [-0.1, -0.05) is 6.07 Å². The van der Waals surface area contributed by atoms with Crippen molar-refractivity contribution in [3.05, 3.63) is 35.5 Å². The quantitative estimate of drug-likeness (QED) is 0.889. The molecule has 6 heteroatoms. The Balaban J connectivity index is 1.45. The van der Waals surface area contributed by atoms with Crippen LogP contribution in [0, 0.1) is 0 Å². The number of aromatic nitrogens is 2. The minimum atomic E-state index is 0.0582. The summed E-state index contributed by atoms with van der Waals surface area (Å²) in [4.78, 5) is 20.7. The molecule has 2 aromatic heterocycles. The Morgan fingerprint density at radius 3 is 3.18 bits per heavy atom. The topological polar surface area (TPSA) is 64.1 Å². The molecule has 1 N–H and O–H groups in total. The van der Waals surface area contributed by atoms with Crippen LogP contribution in [-0.4, -0.2) is 35.1 Å². The Labute approximate surface area is 133 Å². The van der Waals surface area contributed by atoms with Crippen LogP contribution in [-0.2, 0) is 16.0 Å². The molecule has 0 aliphatic carbocycles. The van der Waals surface area contributed by atoms with Crippen LogP contribution >= 0.6 is 11.3 Å². The molecular formula is C16H19N3O2S. The second-order valence-electron chi connectivity index (χ2n) is 5.30. The molecule has 0 spiro atoms. The van der Waals surface area contributed by atoms with E-state index in [1.807, 2.05) is 23.6 Å². The van der Waals surface area contributed by atoms with E-state index in [2.05, 4.69) is 15.3 Å². The lowest BCUT2D eigenvalue weighted by Gasteiger charge is -2.10. The number of amides is 1. The van der Waals surface area contributed by atoms with Gasteiger partial charge in [0.25, 0.3) is 0 Å². The molecule has 0 bridgehead atoms. The number of nitrogens with one attached hydrogen (secondary N) is 1. The number of nitrogens with zero attached hydrogens (tertiary/aromatic N) is 2. The molecule has 1 saturated heterocycles. The number of pyridine rings is 1. The summed E-state index contributed by atoms with van der Waals surface area (Å²) in [6.07, 6.45) is 5.20. The molecule has 1 aliphatic rings. The maximum absolute atomic E-state index is 11.8. The van der Waals surface area contributed by atoms with Crippen LogP contribution in [0.5, 0.6) is 0 Å². The van der Waals surface area contributed by atoms with E-state index < -0.39 is 0 Å². The van der Waals surface area contributed by atoms with Gasteiger partial charge in [-0.2, -0.15) is 0 Å². The molecule has 22 heavy (non-hydrogen) atoms. The van der Waals surface area contributed by atoms with Crippen LogP contribution in [0.2, 0.25) is 0 Å². The van der Waals surface area contributed by atoms with Crippen molar-refractivity contribution in [1.29, 1.82) is 0 Å². The fourth-order valence-corrected chi connectivity index (χ4v) is 3.22. The van der Waals surface area contributed by atoms with Crippen molar-refractivity contribution >= 4 is 17.2 Å². The smallest absolute Gasteiger partial charge is 0.220 e. The van der Waals surface area contributed by atoms with Crippen LogP contribution < -0.4 is 5.32 Å². The summed E-state index contributed by atoms with van der Waals surface area (Å²) in [6.45, 7) is 1.44. The highest BCUT2D eigenvalue weighted by Gasteiger charge is 2.16. The molecule has 116 valence electrons. The summed E-state index contributed by atoms with van der Waals surface area (Å²) in [5.74, 6) is 0.0582. The lowest BCUT2D eigenvalue weighted by molar-refractivity contribution is -0.121. The average Bonchev–Trinajstić information content (AvgIpc) is 3.23. The normalized spacial score (nSPS) is 17.5. The molecule has 3 heterocycles. The number of carbonyl (C=O) groups excluding carboxylic acids is 1. The zero-order valence-electron chi connectivity index (χ0n) is 12.3. The van der Waals surface area contributed by atoms with Gasteiger partial charge in [0.15, 0.2) is 0 Å². The number of aryl methyl sites for hydroxylation is 1. The summed E-state index contributed by atoms with van der Waals surface area (Å²) >= 11 is 1.56. The monoisotopic (exact) mass is 317 g/mol. The van der Waals surface area contributed by atoms with Gasteiger partial charge >= 0.3 is 0 Å². The Hall–Kier alpha value is -1.79. The zero-order valence-corrected chi connectivity index (χ0v) is 13.1. The molecule has 1 aliphatic heterocycles. The van der Waals surface area contributed by atoms with Gasteiger partial charge in [0.1, 0.15) is 5.01 Å². The number of hydrogen-bond acceptors (Lipinski definition) is 5. The molecule has 1 unspecified atom stereocenters. The summed E-state index contributed by atoms with van der Waals surface area (Å²) < 4.78 is 5.49. The van der Waals surface area contributed by atoms with Gasteiger partial charge in [-0.15, -0.1) is 11.3 Å². The molecule has 2 aromatic rings. The number of hydrogen-bond donors (Lipinski definition) is 1. The van der Waals surface area contributed by atoms with Crippen molar-refractivity contribution < 1.29 is 9.53 Å². The minimum Gasteiger partial charge on any atom is -0.376 e. The number of ether oxygens (including phenoxy) is 1. The van der Waals surface area contributed by atoms with Gasteiger partial charge in [-0.05, 0) is 31.4 Å². The van der Waals surface area contributed by atoms with Crippen molar-refractivity contribution in [2.75, 3.05) is 13.2 Å². The van der Waals surface area contributed by atoms with E-state index in [0.29, 0.717) is 19.4 Å². The molecule has 0 saturated carbocycles. The Kier molecular flexibility index (Phi) is 5.13. The van der Waals surface area contributed by atoms with E-state index in [4.69, 9.17) is 4.74 Å². The fourth-order valence-electron chi connectivity index (χ4n) is 2.39. The van der Waals surface area contributed by atoms with E-state index in [9.17, 15) is 4.79 Å². The second kappa shape index (κ2) is 7.47. The van der Waals surface area contributed by atoms with Crippen LogP contribution in [0.15, 0.2) is 29.8 Å². The van der Waals surface area contributed by atoms with Gasteiger partial charge < -0.3 is 10.1 Å². The minimum absolute atomic E-state index is 0.0582. The number of carbonyl (C=O) groups is 1. The maximum atomic E-state index is 11.8. The van der Waals surface area contributed by atoms with E-state index in [1.165, 1.54) is 0 Å². The Morgan fingerprint density at radius 1 is 1.45 bits per heavy atom. The maximum Gasteiger partial charge on any atom is 0.220 e. The van der Waals surface area contributed by atoms with Gasteiger partial charge in [-0.25, -0.2) is 4.98 Å². The van der Waals surface area contributed by atoms with Crippen molar-refractivity contribution in [2.45, 2.75) is 31.8 Å². The number of thiazole rings is 1. The third-order valence-corrected chi connectivity index (χ3v) is 4.51. The van der Waals surface area contributed by atoms with Crippen LogP contribution in [0.1, 0.15) is 25.0 Å². The zero-order chi connectivity index (χ0) is 15.2. The highest BCUT2D eigenvalue weighted by atomic mass is 32.1. The fraction of sp³-hybridized carbons (Fsp3) is 0.438. The predicted molar refractivity (Wildman–Crippen MR) is 85.6 cm³/mol. The van der Waals surface area contributed by atoms with Gasteiger partial charge in [0.05, 0.1) is 17.5 Å². The predicted octanol–water partition coefficient (Wildman–Crippen LogP) is 2.43. The molecule has 0 aromatic carbocycles. The first-order valence-corrected chi connectivity index (χ1v) is 8.43. The van der Waals surface area contributed by atoms with Crippen molar-refractivity contribution in [1.82, 2.24) is 15.3 Å². The van der Waals surface area contributed by atoms with Gasteiger partial charge in [0.2, 0.25) is 5.91 Å². The van der Waals surface area contributed by atoms with Gasteiger partial charge in [-0.3, -0.25) is 9.78 Å². The Bertz CT molecular complexity index is 609.